The summed E-state index contributed by atoms with van der Waals surface area (Å²) >= 11 is 0. The normalized spacial score (nSPS) is 11.6. The third kappa shape index (κ3) is 3.74. The molecule has 0 aromatic heterocycles. The van der Waals surface area contributed by atoms with Gasteiger partial charge in [0.15, 0.2) is 9.84 Å². The first-order valence-electron chi connectivity index (χ1n) is 2.41. The summed E-state index contributed by atoms with van der Waals surface area (Å²) in [5.41, 5.74) is 0. The van der Waals surface area contributed by atoms with Crippen LogP contribution in [-0.2, 0) is 9.84 Å². The van der Waals surface area contributed by atoms with Crippen molar-refractivity contribution in [2.45, 2.75) is 6.92 Å². The van der Waals surface area contributed by atoms with Gasteiger partial charge in [0.1, 0.15) is 0 Å². The fourth-order valence-electron chi connectivity index (χ4n) is 0.230. The predicted molar refractivity (Wildman–Crippen MR) is 34.2 cm³/mol. The molecule has 0 aromatic carbocycles. The van der Waals surface area contributed by atoms with Gasteiger partial charge in [-0.1, -0.05) is 6.92 Å². The van der Waals surface area contributed by atoms with Crippen LogP contribution in [0.2, 0.25) is 0 Å². The standard InChI is InChI=1S/C5H7NO2S/c1-2-9(7,8)5-3-4-6/h3,5H,2H2,1H3/b5-3+. The highest BCUT2D eigenvalue weighted by Gasteiger charge is 1.97. The Morgan fingerprint density at radius 2 is 2.22 bits per heavy atom. The summed E-state index contributed by atoms with van der Waals surface area (Å²) in [7, 11) is -3.08. The number of hydrogen-bond acceptors (Lipinski definition) is 3. The second-order valence-corrected chi connectivity index (χ2v) is 3.56. The summed E-state index contributed by atoms with van der Waals surface area (Å²) in [6.07, 6.45) is 0.957. The maximum Gasteiger partial charge on any atom is 0.172 e. The molecule has 0 aromatic rings. The number of hydrogen-bond donors (Lipinski definition) is 0. The van der Waals surface area contributed by atoms with Crippen LogP contribution in [0.15, 0.2) is 11.5 Å². The van der Waals surface area contributed by atoms with Gasteiger partial charge in [-0.05, 0) is 0 Å². The van der Waals surface area contributed by atoms with Gasteiger partial charge in [-0.25, -0.2) is 8.42 Å². The first kappa shape index (κ1) is 8.18. The molecular formula is C5H7NO2S. The molecule has 0 fully saturated rings. The smallest absolute Gasteiger partial charge is 0.172 e. The number of rotatable bonds is 2. The van der Waals surface area contributed by atoms with Crippen LogP contribution in [0.3, 0.4) is 0 Å². The molecule has 50 valence electrons. The van der Waals surface area contributed by atoms with Crippen LogP contribution in [-0.4, -0.2) is 14.2 Å². The molecule has 4 heteroatoms. The topological polar surface area (TPSA) is 57.9 Å². The molecule has 0 rings (SSSR count). The molecule has 9 heavy (non-hydrogen) atoms. The Bertz CT molecular complexity index is 232. The molecule has 0 amide bonds. The Morgan fingerprint density at radius 1 is 1.67 bits per heavy atom. The minimum atomic E-state index is -3.08. The molecule has 0 atom stereocenters. The quantitative estimate of drug-likeness (QED) is 0.530. The van der Waals surface area contributed by atoms with Crippen molar-refractivity contribution in [2.75, 3.05) is 5.75 Å². The Kier molecular flexibility index (Phi) is 2.96. The van der Waals surface area contributed by atoms with E-state index in [9.17, 15) is 8.42 Å². The van der Waals surface area contributed by atoms with Crippen LogP contribution in [0, 0.1) is 11.3 Å². The maximum absolute atomic E-state index is 10.5. The molecule has 0 heterocycles. The van der Waals surface area contributed by atoms with Crippen LogP contribution < -0.4 is 0 Å². The number of sulfone groups is 1. The zero-order valence-corrected chi connectivity index (χ0v) is 5.85. The molecular weight excluding hydrogens is 138 g/mol. The molecule has 0 N–H and O–H groups in total. The summed E-state index contributed by atoms with van der Waals surface area (Å²) in [5, 5.41) is 8.83. The average molecular weight is 145 g/mol. The lowest BCUT2D eigenvalue weighted by Gasteiger charge is -1.85. The monoisotopic (exact) mass is 145 g/mol. The second kappa shape index (κ2) is 3.25. The number of nitrogens with zero attached hydrogens (tertiary/aromatic N) is 1. The van der Waals surface area contributed by atoms with Crippen LogP contribution in [0.5, 0.6) is 0 Å². The SMILES string of the molecule is CCS(=O)(=O)/C=C/C#N. The molecule has 0 spiro atoms. The van der Waals surface area contributed by atoms with Crippen molar-refractivity contribution in [1.82, 2.24) is 0 Å². The van der Waals surface area contributed by atoms with E-state index in [0.717, 1.165) is 11.5 Å². The molecule has 0 bridgehead atoms. The highest BCUT2D eigenvalue weighted by atomic mass is 32.2. The van der Waals surface area contributed by atoms with E-state index in [4.69, 9.17) is 5.26 Å². The summed E-state index contributed by atoms with van der Waals surface area (Å²) in [4.78, 5) is 0. The van der Waals surface area contributed by atoms with Gasteiger partial charge in [-0.15, -0.1) is 0 Å². The van der Waals surface area contributed by atoms with Crippen molar-refractivity contribution < 1.29 is 8.42 Å². The van der Waals surface area contributed by atoms with E-state index in [0.29, 0.717) is 0 Å². The predicted octanol–water partition coefficient (Wildman–Crippen LogP) is 0.458. The van der Waals surface area contributed by atoms with Crippen molar-refractivity contribution in [1.29, 1.82) is 5.26 Å². The first-order valence-corrected chi connectivity index (χ1v) is 4.13. The number of allylic oxidation sites excluding steroid dienone is 1. The van der Waals surface area contributed by atoms with Crippen molar-refractivity contribution >= 4 is 9.84 Å². The van der Waals surface area contributed by atoms with E-state index >= 15 is 0 Å². The van der Waals surface area contributed by atoms with Crippen molar-refractivity contribution in [3.05, 3.63) is 11.5 Å². The Morgan fingerprint density at radius 3 is 2.56 bits per heavy atom. The second-order valence-electron chi connectivity index (χ2n) is 1.38. The van der Waals surface area contributed by atoms with Crippen molar-refractivity contribution in [2.24, 2.45) is 0 Å². The third-order valence-corrected chi connectivity index (χ3v) is 2.11. The molecule has 0 aliphatic carbocycles. The van der Waals surface area contributed by atoms with E-state index < -0.39 is 9.84 Å². The summed E-state index contributed by atoms with van der Waals surface area (Å²) < 4.78 is 21.0. The fourth-order valence-corrected chi connectivity index (χ4v) is 0.691. The summed E-state index contributed by atoms with van der Waals surface area (Å²) in [6, 6.07) is 1.60. The third-order valence-electron chi connectivity index (χ3n) is 0.752. The largest absolute Gasteiger partial charge is 0.224 e. The van der Waals surface area contributed by atoms with Gasteiger partial charge in [0.2, 0.25) is 0 Å². The Labute approximate surface area is 54.5 Å². The van der Waals surface area contributed by atoms with E-state index in [1.807, 2.05) is 0 Å². The molecule has 0 radical (unpaired) electrons. The lowest BCUT2D eigenvalue weighted by molar-refractivity contribution is 0.606. The fraction of sp³-hybridized carbons (Fsp3) is 0.400. The van der Waals surface area contributed by atoms with E-state index in [-0.39, 0.29) is 5.75 Å². The van der Waals surface area contributed by atoms with E-state index in [2.05, 4.69) is 0 Å². The van der Waals surface area contributed by atoms with E-state index in [1.165, 1.54) is 6.92 Å². The van der Waals surface area contributed by atoms with Crippen LogP contribution in [0.25, 0.3) is 0 Å². The molecule has 3 nitrogen and oxygen atoms in total. The van der Waals surface area contributed by atoms with Crippen molar-refractivity contribution in [3.8, 4) is 6.07 Å². The minimum Gasteiger partial charge on any atom is -0.224 e. The van der Waals surface area contributed by atoms with Crippen LogP contribution in [0.4, 0.5) is 0 Å². The van der Waals surface area contributed by atoms with Gasteiger partial charge >= 0.3 is 0 Å². The van der Waals surface area contributed by atoms with Crippen molar-refractivity contribution in [3.63, 3.8) is 0 Å². The van der Waals surface area contributed by atoms with Gasteiger partial charge in [0, 0.05) is 11.5 Å². The summed E-state index contributed by atoms with van der Waals surface area (Å²) in [5.74, 6) is 0.0468. The zero-order chi connectivity index (χ0) is 7.33. The lowest BCUT2D eigenvalue weighted by Crippen LogP contribution is -1.96. The molecule has 0 saturated carbocycles. The average Bonchev–Trinajstić information content (AvgIpc) is 1.84. The minimum absolute atomic E-state index is 0.0468. The molecule has 0 unspecified atom stereocenters. The molecule has 0 aliphatic rings. The Hall–Kier alpha value is -0.820. The van der Waals surface area contributed by atoms with Crippen LogP contribution in [0.1, 0.15) is 6.92 Å². The van der Waals surface area contributed by atoms with E-state index in [1.54, 1.807) is 6.07 Å². The van der Waals surface area contributed by atoms with Gasteiger partial charge in [0.25, 0.3) is 0 Å². The Balaban J connectivity index is 4.26. The maximum atomic E-state index is 10.5. The van der Waals surface area contributed by atoms with Gasteiger partial charge < -0.3 is 0 Å². The van der Waals surface area contributed by atoms with Gasteiger partial charge in [-0.2, -0.15) is 5.26 Å². The molecule has 0 saturated heterocycles. The van der Waals surface area contributed by atoms with Gasteiger partial charge in [0.05, 0.1) is 11.8 Å². The molecule has 0 aliphatic heterocycles. The highest BCUT2D eigenvalue weighted by molar-refractivity contribution is 7.94. The zero-order valence-electron chi connectivity index (χ0n) is 5.03. The van der Waals surface area contributed by atoms with Gasteiger partial charge in [-0.3, -0.25) is 0 Å². The lowest BCUT2D eigenvalue weighted by atomic mass is 10.7. The van der Waals surface area contributed by atoms with Crippen LogP contribution >= 0.6 is 0 Å². The summed E-state index contributed by atoms with van der Waals surface area (Å²) in [6.45, 7) is 1.52. The number of nitriles is 1. The first-order chi connectivity index (χ1) is 4.12. The highest BCUT2D eigenvalue weighted by Crippen LogP contribution is 1.89.